The molecule has 122 valence electrons. The van der Waals surface area contributed by atoms with Gasteiger partial charge in [-0.05, 0) is 25.1 Å². The second-order valence-corrected chi connectivity index (χ2v) is 5.66. The number of anilines is 1. The van der Waals surface area contributed by atoms with Crippen LogP contribution in [0.2, 0.25) is 0 Å². The van der Waals surface area contributed by atoms with Crippen LogP contribution >= 0.6 is 0 Å². The summed E-state index contributed by atoms with van der Waals surface area (Å²) in [5.74, 6) is 2.33. The molecule has 2 aromatic heterocycles. The van der Waals surface area contributed by atoms with Gasteiger partial charge >= 0.3 is 0 Å². The first-order valence-corrected chi connectivity index (χ1v) is 7.79. The first-order chi connectivity index (χ1) is 11.3. The van der Waals surface area contributed by atoms with Crippen LogP contribution < -0.4 is 9.64 Å². The summed E-state index contributed by atoms with van der Waals surface area (Å²) < 4.78 is 10.7. The van der Waals surface area contributed by atoms with Crippen molar-refractivity contribution in [2.24, 2.45) is 0 Å². The lowest BCUT2D eigenvalue weighted by Gasteiger charge is -2.35. The Hall–Kier alpha value is -2.34. The Balaban J connectivity index is 1.56. The molecule has 1 aliphatic rings. The van der Waals surface area contributed by atoms with Crippen molar-refractivity contribution in [2.75, 3.05) is 44.7 Å². The van der Waals surface area contributed by atoms with Gasteiger partial charge in [-0.1, -0.05) is 5.57 Å². The second kappa shape index (κ2) is 7.28. The van der Waals surface area contributed by atoms with E-state index in [2.05, 4.69) is 32.8 Å². The smallest absolute Gasteiger partial charge is 0.257 e. The summed E-state index contributed by atoms with van der Waals surface area (Å²) in [4.78, 5) is 13.3. The van der Waals surface area contributed by atoms with E-state index in [9.17, 15) is 0 Å². The van der Waals surface area contributed by atoms with Crippen molar-refractivity contribution in [3.8, 4) is 5.88 Å². The summed E-state index contributed by atoms with van der Waals surface area (Å²) in [6.07, 6.45) is 7.16. The molecule has 0 bridgehead atoms. The zero-order chi connectivity index (χ0) is 16.1. The molecule has 0 radical (unpaired) electrons. The fraction of sp³-hybridized carbons (Fsp3) is 0.412. The Morgan fingerprint density at radius 2 is 2.04 bits per heavy atom. The minimum absolute atomic E-state index is 0.592. The third-order valence-corrected chi connectivity index (χ3v) is 3.92. The van der Waals surface area contributed by atoms with Gasteiger partial charge < -0.3 is 14.1 Å². The van der Waals surface area contributed by atoms with Crippen LogP contribution in [0.25, 0.3) is 6.08 Å². The van der Waals surface area contributed by atoms with E-state index in [1.807, 2.05) is 12.1 Å². The molecule has 6 heteroatoms. The lowest BCUT2D eigenvalue weighted by atomic mass is 10.2. The van der Waals surface area contributed by atoms with Gasteiger partial charge in [0.25, 0.3) is 5.88 Å². The molecule has 0 atom stereocenters. The van der Waals surface area contributed by atoms with Crippen LogP contribution in [0.15, 0.2) is 40.8 Å². The molecule has 0 unspecified atom stereocenters. The quantitative estimate of drug-likeness (QED) is 0.844. The maximum absolute atomic E-state index is 5.36. The summed E-state index contributed by atoms with van der Waals surface area (Å²) >= 11 is 0. The van der Waals surface area contributed by atoms with E-state index < -0.39 is 0 Å². The van der Waals surface area contributed by atoms with E-state index in [-0.39, 0.29) is 0 Å². The number of furan rings is 1. The molecule has 2 aromatic rings. The molecule has 0 saturated carbocycles. The molecule has 1 saturated heterocycles. The highest BCUT2D eigenvalue weighted by Crippen LogP contribution is 2.23. The fourth-order valence-electron chi connectivity index (χ4n) is 2.81. The topological polar surface area (TPSA) is 54.6 Å². The van der Waals surface area contributed by atoms with Crippen molar-refractivity contribution >= 4 is 11.9 Å². The first-order valence-electron chi connectivity index (χ1n) is 7.79. The van der Waals surface area contributed by atoms with E-state index in [1.165, 1.54) is 5.57 Å². The summed E-state index contributed by atoms with van der Waals surface area (Å²) in [7, 11) is 1.63. The maximum Gasteiger partial charge on any atom is 0.257 e. The van der Waals surface area contributed by atoms with Crippen LogP contribution in [0.1, 0.15) is 12.7 Å². The highest BCUT2D eigenvalue weighted by Gasteiger charge is 2.21. The maximum atomic E-state index is 5.36. The average Bonchev–Trinajstić information content (AvgIpc) is 3.08. The normalized spacial score (nSPS) is 16.6. The molecule has 0 spiro atoms. The van der Waals surface area contributed by atoms with Gasteiger partial charge in [0.1, 0.15) is 5.76 Å². The number of nitrogens with zero attached hydrogens (tertiary/aromatic N) is 4. The molecule has 3 rings (SSSR count). The van der Waals surface area contributed by atoms with Gasteiger partial charge in [-0.25, -0.2) is 9.97 Å². The van der Waals surface area contributed by atoms with E-state index in [4.69, 9.17) is 9.15 Å². The van der Waals surface area contributed by atoms with E-state index in [0.717, 1.165) is 44.3 Å². The van der Waals surface area contributed by atoms with E-state index in [0.29, 0.717) is 5.88 Å². The number of rotatable bonds is 5. The number of ether oxygens (including phenoxy) is 1. The van der Waals surface area contributed by atoms with Gasteiger partial charge in [-0.2, -0.15) is 0 Å². The number of methoxy groups -OCH3 is 1. The molecular weight excluding hydrogens is 292 g/mol. The van der Waals surface area contributed by atoms with Gasteiger partial charge in [-0.3, -0.25) is 4.90 Å². The number of aromatic nitrogens is 2. The number of hydrogen-bond donors (Lipinski definition) is 0. The van der Waals surface area contributed by atoms with Crippen molar-refractivity contribution in [1.82, 2.24) is 14.9 Å². The van der Waals surface area contributed by atoms with Crippen LogP contribution in [0.4, 0.5) is 5.82 Å². The Morgan fingerprint density at radius 1 is 1.26 bits per heavy atom. The van der Waals surface area contributed by atoms with Gasteiger partial charge in [0.15, 0.2) is 5.82 Å². The lowest BCUT2D eigenvalue weighted by molar-refractivity contribution is 0.276. The van der Waals surface area contributed by atoms with Crippen LogP contribution in [-0.4, -0.2) is 54.7 Å². The van der Waals surface area contributed by atoms with Gasteiger partial charge in [-0.15, -0.1) is 0 Å². The van der Waals surface area contributed by atoms with Gasteiger partial charge in [0.2, 0.25) is 0 Å². The highest BCUT2D eigenvalue weighted by atomic mass is 16.5. The number of piperazine rings is 1. The van der Waals surface area contributed by atoms with Crippen molar-refractivity contribution in [2.45, 2.75) is 6.92 Å². The summed E-state index contributed by atoms with van der Waals surface area (Å²) in [6.45, 7) is 6.91. The van der Waals surface area contributed by atoms with Crippen molar-refractivity contribution in [3.05, 3.63) is 42.1 Å². The monoisotopic (exact) mass is 314 g/mol. The lowest BCUT2D eigenvalue weighted by Crippen LogP contribution is -2.47. The average molecular weight is 314 g/mol. The van der Waals surface area contributed by atoms with Crippen LogP contribution in [0.5, 0.6) is 5.88 Å². The third-order valence-electron chi connectivity index (χ3n) is 3.92. The second-order valence-electron chi connectivity index (χ2n) is 5.66. The van der Waals surface area contributed by atoms with Crippen molar-refractivity contribution < 1.29 is 9.15 Å². The van der Waals surface area contributed by atoms with Crippen molar-refractivity contribution in [1.29, 1.82) is 0 Å². The van der Waals surface area contributed by atoms with Crippen LogP contribution in [-0.2, 0) is 0 Å². The molecule has 1 aliphatic heterocycles. The zero-order valence-corrected chi connectivity index (χ0v) is 13.6. The predicted octanol–water partition coefficient (Wildman–Crippen LogP) is 2.30. The van der Waals surface area contributed by atoms with Crippen LogP contribution in [0.3, 0.4) is 0 Å². The summed E-state index contributed by atoms with van der Waals surface area (Å²) in [5, 5.41) is 0. The largest absolute Gasteiger partial charge is 0.478 e. The van der Waals surface area contributed by atoms with Crippen molar-refractivity contribution in [3.63, 3.8) is 0 Å². The number of hydrogen-bond acceptors (Lipinski definition) is 6. The van der Waals surface area contributed by atoms with Gasteiger partial charge in [0, 0.05) is 45.1 Å². The molecule has 3 heterocycles. The Labute approximate surface area is 136 Å². The molecule has 6 nitrogen and oxygen atoms in total. The van der Waals surface area contributed by atoms with Crippen LogP contribution in [0, 0.1) is 0 Å². The molecule has 1 fully saturated rings. The van der Waals surface area contributed by atoms with Gasteiger partial charge in [0.05, 0.1) is 13.4 Å². The standard InChI is InChI=1S/C17H22N4O2/c1-14(12-15-4-3-11-23-15)13-20-7-9-21(10-8-20)16-17(22-2)19-6-5-18-16/h3-6,11-12H,7-10,13H2,1-2H3/b14-12+. The summed E-state index contributed by atoms with van der Waals surface area (Å²) in [5.41, 5.74) is 1.30. The molecule has 0 amide bonds. The Bertz CT molecular complexity index is 646. The van der Waals surface area contributed by atoms with E-state index >= 15 is 0 Å². The molecule has 0 aliphatic carbocycles. The molecular formula is C17H22N4O2. The minimum Gasteiger partial charge on any atom is -0.478 e. The Morgan fingerprint density at radius 3 is 2.74 bits per heavy atom. The molecule has 23 heavy (non-hydrogen) atoms. The summed E-state index contributed by atoms with van der Waals surface area (Å²) in [6, 6.07) is 3.88. The third kappa shape index (κ3) is 3.90. The first kappa shape index (κ1) is 15.6. The zero-order valence-electron chi connectivity index (χ0n) is 13.6. The SMILES string of the molecule is COc1nccnc1N1CCN(C/C(C)=C/c2ccco2)CC1. The Kier molecular flexibility index (Phi) is 4.92. The predicted molar refractivity (Wildman–Crippen MR) is 89.6 cm³/mol. The minimum atomic E-state index is 0.592. The fourth-order valence-corrected chi connectivity index (χ4v) is 2.81. The molecule has 0 N–H and O–H groups in total. The van der Waals surface area contributed by atoms with E-state index in [1.54, 1.807) is 25.8 Å². The highest BCUT2D eigenvalue weighted by molar-refractivity contribution is 5.49. The molecule has 0 aromatic carbocycles.